The zero-order valence-electron chi connectivity index (χ0n) is 9.47. The van der Waals surface area contributed by atoms with Crippen LogP contribution in [0, 0.1) is 0 Å². The summed E-state index contributed by atoms with van der Waals surface area (Å²) in [5.41, 5.74) is 6.94. The largest absolute Gasteiger partial charge is 0.399 e. The number of nitrogen functional groups attached to an aromatic ring is 1. The zero-order chi connectivity index (χ0) is 12.7. The zero-order valence-corrected chi connectivity index (χ0v) is 10.3. The van der Waals surface area contributed by atoms with Crippen molar-refractivity contribution in [1.82, 2.24) is 14.9 Å². The average molecular weight is 264 g/mol. The van der Waals surface area contributed by atoms with E-state index in [1.165, 1.54) is 4.57 Å². The van der Waals surface area contributed by atoms with Gasteiger partial charge in [-0.15, -0.1) is 11.8 Å². The Balaban J connectivity index is 2.13. The minimum Gasteiger partial charge on any atom is -0.399 e. The molecule has 0 saturated carbocycles. The molecular formula is C11H12N4O2S. The molecule has 0 spiro atoms. The number of rotatable bonds is 1. The number of thioether (sulfide) groups is 1. The Labute approximate surface area is 107 Å². The van der Waals surface area contributed by atoms with Gasteiger partial charge in [-0.3, -0.25) is 10.1 Å². The van der Waals surface area contributed by atoms with Gasteiger partial charge >= 0.3 is 5.69 Å². The van der Waals surface area contributed by atoms with Crippen LogP contribution in [0.2, 0.25) is 0 Å². The average Bonchev–Trinajstić information content (AvgIpc) is 2.94. The maximum absolute atomic E-state index is 12.3. The van der Waals surface area contributed by atoms with Gasteiger partial charge in [0.2, 0.25) is 0 Å². The molecule has 1 aliphatic rings. The molecule has 1 fully saturated rings. The predicted octanol–water partition coefficient (Wildman–Crippen LogP) is 0.214. The topological polar surface area (TPSA) is 92.9 Å². The molecule has 4 N–H and O–H groups in total. The Morgan fingerprint density at radius 2 is 2.33 bits per heavy atom. The lowest BCUT2D eigenvalue weighted by Crippen LogP contribution is -2.40. The highest BCUT2D eigenvalue weighted by Gasteiger charge is 2.26. The number of aromatic amines is 1. The number of anilines is 1. The van der Waals surface area contributed by atoms with Crippen molar-refractivity contribution in [2.45, 2.75) is 6.04 Å². The number of aromatic nitrogens is 2. The molecule has 6 nitrogen and oxygen atoms in total. The van der Waals surface area contributed by atoms with Crippen LogP contribution in [0.5, 0.6) is 0 Å². The SMILES string of the molecule is Nc1ccc2c(c1)[nH]c(=O)n2C(=O)C1CSCN1. The number of carbonyl (C=O) groups is 1. The van der Waals surface area contributed by atoms with E-state index in [0.29, 0.717) is 22.5 Å². The van der Waals surface area contributed by atoms with E-state index in [1.807, 2.05) is 0 Å². The molecule has 1 saturated heterocycles. The van der Waals surface area contributed by atoms with Crippen LogP contribution in [0.25, 0.3) is 11.0 Å². The lowest BCUT2D eigenvalue weighted by molar-refractivity contribution is 0.0878. The first-order valence-corrected chi connectivity index (χ1v) is 6.68. The van der Waals surface area contributed by atoms with Crippen molar-refractivity contribution in [3.05, 3.63) is 28.7 Å². The molecule has 18 heavy (non-hydrogen) atoms. The van der Waals surface area contributed by atoms with Gasteiger partial charge in [-0.05, 0) is 18.2 Å². The van der Waals surface area contributed by atoms with Crippen molar-refractivity contribution in [3.8, 4) is 0 Å². The van der Waals surface area contributed by atoms with E-state index in [9.17, 15) is 9.59 Å². The molecule has 1 aliphatic heterocycles. The summed E-state index contributed by atoms with van der Waals surface area (Å²) in [5, 5.41) is 3.06. The highest BCUT2D eigenvalue weighted by molar-refractivity contribution is 7.99. The smallest absolute Gasteiger partial charge is 0.333 e. The predicted molar refractivity (Wildman–Crippen MR) is 71.8 cm³/mol. The summed E-state index contributed by atoms with van der Waals surface area (Å²) in [6, 6.07) is 4.71. The third-order valence-corrected chi connectivity index (χ3v) is 3.88. The lowest BCUT2D eigenvalue weighted by atomic mass is 10.2. The Morgan fingerprint density at radius 3 is 3.06 bits per heavy atom. The van der Waals surface area contributed by atoms with E-state index in [1.54, 1.807) is 30.0 Å². The highest BCUT2D eigenvalue weighted by Crippen LogP contribution is 2.16. The Bertz CT molecular complexity index is 669. The van der Waals surface area contributed by atoms with Crippen LogP contribution >= 0.6 is 11.8 Å². The number of hydrogen-bond donors (Lipinski definition) is 3. The van der Waals surface area contributed by atoms with Crippen LogP contribution in [-0.4, -0.2) is 33.1 Å². The van der Waals surface area contributed by atoms with Gasteiger partial charge in [0.1, 0.15) is 0 Å². The number of nitrogens with two attached hydrogens (primary N) is 1. The van der Waals surface area contributed by atoms with E-state index in [4.69, 9.17) is 5.73 Å². The molecule has 1 aromatic heterocycles. The number of benzene rings is 1. The summed E-state index contributed by atoms with van der Waals surface area (Å²) in [7, 11) is 0. The van der Waals surface area contributed by atoms with Gasteiger partial charge in [0, 0.05) is 17.3 Å². The quantitative estimate of drug-likeness (QED) is 0.640. The van der Waals surface area contributed by atoms with Gasteiger partial charge in [-0.25, -0.2) is 9.36 Å². The van der Waals surface area contributed by atoms with E-state index >= 15 is 0 Å². The second-order valence-electron chi connectivity index (χ2n) is 4.15. The lowest BCUT2D eigenvalue weighted by Gasteiger charge is -2.08. The van der Waals surface area contributed by atoms with Gasteiger partial charge in [0.15, 0.2) is 0 Å². The molecule has 1 atom stereocenters. The van der Waals surface area contributed by atoms with E-state index in [-0.39, 0.29) is 11.9 Å². The van der Waals surface area contributed by atoms with Crippen molar-refractivity contribution >= 4 is 34.4 Å². The first kappa shape index (κ1) is 11.4. The fourth-order valence-corrected chi connectivity index (χ4v) is 2.99. The van der Waals surface area contributed by atoms with Gasteiger partial charge in [-0.2, -0.15) is 0 Å². The van der Waals surface area contributed by atoms with Gasteiger partial charge in [-0.1, -0.05) is 0 Å². The summed E-state index contributed by atoms with van der Waals surface area (Å²) in [6.07, 6.45) is 0. The fourth-order valence-electron chi connectivity index (χ4n) is 2.06. The molecule has 0 radical (unpaired) electrons. The Hall–Kier alpha value is -1.73. The van der Waals surface area contributed by atoms with E-state index in [2.05, 4.69) is 10.3 Å². The second kappa shape index (κ2) is 4.18. The van der Waals surface area contributed by atoms with E-state index in [0.717, 1.165) is 5.88 Å². The molecule has 3 rings (SSSR count). The molecule has 0 aliphatic carbocycles. The molecule has 7 heteroatoms. The summed E-state index contributed by atoms with van der Waals surface area (Å²) in [6.45, 7) is 0. The van der Waals surface area contributed by atoms with Crippen molar-refractivity contribution in [2.24, 2.45) is 0 Å². The number of fused-ring (bicyclic) bond motifs is 1. The van der Waals surface area contributed by atoms with Crippen LogP contribution in [0.1, 0.15) is 4.79 Å². The van der Waals surface area contributed by atoms with Gasteiger partial charge in [0.05, 0.1) is 17.1 Å². The number of hydrogen-bond acceptors (Lipinski definition) is 5. The van der Waals surface area contributed by atoms with Crippen molar-refractivity contribution < 1.29 is 4.79 Å². The number of carbonyl (C=O) groups excluding carboxylic acids is 1. The normalized spacial score (nSPS) is 19.4. The maximum atomic E-state index is 12.3. The standard InChI is InChI=1S/C11H12N4O2S/c12-6-1-2-9-7(3-6)14-11(17)15(9)10(16)8-4-18-5-13-8/h1-3,8,13H,4-5,12H2,(H,14,17). The summed E-state index contributed by atoms with van der Waals surface area (Å²) < 4.78 is 1.18. The van der Waals surface area contributed by atoms with Crippen LogP contribution < -0.4 is 16.7 Å². The third kappa shape index (κ3) is 1.72. The molecular weight excluding hydrogens is 252 g/mol. The molecule has 0 bridgehead atoms. The van der Waals surface area contributed by atoms with Gasteiger partial charge in [0.25, 0.3) is 5.91 Å². The second-order valence-corrected chi connectivity index (χ2v) is 5.18. The van der Waals surface area contributed by atoms with Gasteiger partial charge < -0.3 is 10.7 Å². The molecule has 1 unspecified atom stereocenters. The Kier molecular flexibility index (Phi) is 2.64. The minimum absolute atomic E-state index is 0.221. The molecule has 94 valence electrons. The monoisotopic (exact) mass is 264 g/mol. The summed E-state index contributed by atoms with van der Waals surface area (Å²) in [5.74, 6) is 1.20. The minimum atomic E-state index is -0.417. The first-order valence-electron chi connectivity index (χ1n) is 5.52. The number of nitrogens with zero attached hydrogens (tertiary/aromatic N) is 1. The van der Waals surface area contributed by atoms with Crippen molar-refractivity contribution in [3.63, 3.8) is 0 Å². The van der Waals surface area contributed by atoms with Crippen LogP contribution in [0.15, 0.2) is 23.0 Å². The first-order chi connectivity index (χ1) is 8.66. The number of imidazole rings is 1. The third-order valence-electron chi connectivity index (χ3n) is 2.94. The highest BCUT2D eigenvalue weighted by atomic mass is 32.2. The van der Waals surface area contributed by atoms with Crippen LogP contribution in [-0.2, 0) is 0 Å². The molecule has 0 amide bonds. The molecule has 2 aromatic rings. The van der Waals surface area contributed by atoms with Crippen LogP contribution in [0.3, 0.4) is 0 Å². The Morgan fingerprint density at radius 1 is 1.50 bits per heavy atom. The summed E-state index contributed by atoms with van der Waals surface area (Å²) >= 11 is 1.64. The maximum Gasteiger partial charge on any atom is 0.333 e. The number of H-pyrrole nitrogens is 1. The van der Waals surface area contributed by atoms with E-state index < -0.39 is 5.69 Å². The molecule has 2 heterocycles. The van der Waals surface area contributed by atoms with Crippen molar-refractivity contribution in [2.75, 3.05) is 17.4 Å². The number of nitrogens with one attached hydrogen (secondary N) is 2. The molecule has 1 aromatic carbocycles. The summed E-state index contributed by atoms with van der Waals surface area (Å²) in [4.78, 5) is 26.8. The van der Waals surface area contributed by atoms with Crippen LogP contribution in [0.4, 0.5) is 5.69 Å². The van der Waals surface area contributed by atoms with Crippen molar-refractivity contribution in [1.29, 1.82) is 0 Å². The fraction of sp³-hybridized carbons (Fsp3) is 0.273.